The summed E-state index contributed by atoms with van der Waals surface area (Å²) in [6.45, 7) is 9.56. The number of urea groups is 1. The van der Waals surface area contributed by atoms with E-state index in [1.54, 1.807) is 4.90 Å². The standard InChI is InChI=1S/C24H34N4O2/c1-17(2)14-27(15-21-7-6-12-26(21)5)23(29)16-28(20-9-10-20)24(30)25-22-11-8-18(3)13-19(22)4/h6-8,11-13,17,20H,9-10,14-16H2,1-5H3,(H,25,30). The summed E-state index contributed by atoms with van der Waals surface area (Å²) in [6, 6.07) is 9.94. The highest BCUT2D eigenvalue weighted by Crippen LogP contribution is 2.28. The molecule has 0 aliphatic heterocycles. The Bertz CT molecular complexity index is 898. The Kier molecular flexibility index (Phi) is 6.85. The van der Waals surface area contributed by atoms with Gasteiger partial charge in [0.25, 0.3) is 0 Å². The third kappa shape index (κ3) is 5.65. The average Bonchev–Trinajstić information content (AvgIpc) is 3.43. The molecule has 0 bridgehead atoms. The molecule has 1 fully saturated rings. The van der Waals surface area contributed by atoms with E-state index >= 15 is 0 Å². The van der Waals surface area contributed by atoms with E-state index in [9.17, 15) is 9.59 Å². The molecule has 1 heterocycles. The highest BCUT2D eigenvalue weighted by molar-refractivity contribution is 5.93. The molecule has 30 heavy (non-hydrogen) atoms. The fraction of sp³-hybridized carbons (Fsp3) is 0.500. The maximum atomic E-state index is 13.2. The number of aromatic nitrogens is 1. The van der Waals surface area contributed by atoms with Gasteiger partial charge in [0.15, 0.2) is 0 Å². The summed E-state index contributed by atoms with van der Waals surface area (Å²) in [5.74, 6) is 0.347. The maximum absolute atomic E-state index is 13.2. The Morgan fingerprint density at radius 2 is 1.93 bits per heavy atom. The van der Waals surface area contributed by atoms with Gasteiger partial charge in [0, 0.05) is 37.2 Å². The van der Waals surface area contributed by atoms with Gasteiger partial charge in [0.2, 0.25) is 5.91 Å². The monoisotopic (exact) mass is 410 g/mol. The molecule has 0 saturated heterocycles. The first-order valence-corrected chi connectivity index (χ1v) is 10.8. The first-order chi connectivity index (χ1) is 14.2. The minimum atomic E-state index is -0.193. The van der Waals surface area contributed by atoms with E-state index in [-0.39, 0.29) is 24.5 Å². The SMILES string of the molecule is Cc1ccc(NC(=O)N(CC(=O)N(Cc2cccn2C)CC(C)C)C2CC2)c(C)c1. The second kappa shape index (κ2) is 9.37. The lowest BCUT2D eigenvalue weighted by Gasteiger charge is -2.29. The normalized spacial score (nSPS) is 13.4. The first kappa shape index (κ1) is 21.9. The van der Waals surface area contributed by atoms with Crippen molar-refractivity contribution in [3.63, 3.8) is 0 Å². The number of nitrogens with one attached hydrogen (secondary N) is 1. The van der Waals surface area contributed by atoms with Gasteiger partial charge in [-0.05, 0) is 56.4 Å². The molecule has 0 unspecified atom stereocenters. The Balaban J connectivity index is 1.71. The minimum absolute atomic E-state index is 0.00687. The second-order valence-electron chi connectivity index (χ2n) is 8.89. The van der Waals surface area contributed by atoms with Gasteiger partial charge in [-0.3, -0.25) is 4.79 Å². The van der Waals surface area contributed by atoms with Crippen LogP contribution >= 0.6 is 0 Å². The molecule has 2 aromatic rings. The van der Waals surface area contributed by atoms with Gasteiger partial charge in [-0.2, -0.15) is 0 Å². The molecule has 6 heteroatoms. The molecule has 1 aromatic heterocycles. The third-order valence-corrected chi connectivity index (χ3v) is 5.52. The van der Waals surface area contributed by atoms with Crippen molar-refractivity contribution < 1.29 is 9.59 Å². The lowest BCUT2D eigenvalue weighted by Crippen LogP contribution is -2.46. The van der Waals surface area contributed by atoms with Crippen LogP contribution in [0, 0.1) is 19.8 Å². The lowest BCUT2D eigenvalue weighted by atomic mass is 10.1. The number of benzene rings is 1. The van der Waals surface area contributed by atoms with Gasteiger partial charge >= 0.3 is 6.03 Å². The van der Waals surface area contributed by atoms with E-state index in [1.807, 2.05) is 66.9 Å². The van der Waals surface area contributed by atoms with Crippen LogP contribution in [0.1, 0.15) is 43.5 Å². The van der Waals surface area contributed by atoms with Crippen LogP contribution in [-0.2, 0) is 18.4 Å². The molecular formula is C24H34N4O2. The summed E-state index contributed by atoms with van der Waals surface area (Å²) in [4.78, 5) is 29.8. The highest BCUT2D eigenvalue weighted by Gasteiger charge is 2.35. The average molecular weight is 411 g/mol. The van der Waals surface area contributed by atoms with Crippen molar-refractivity contribution in [3.8, 4) is 0 Å². The molecule has 0 spiro atoms. The van der Waals surface area contributed by atoms with Gasteiger partial charge in [-0.15, -0.1) is 0 Å². The molecule has 1 aromatic carbocycles. The first-order valence-electron chi connectivity index (χ1n) is 10.8. The predicted molar refractivity (Wildman–Crippen MR) is 120 cm³/mol. The molecule has 6 nitrogen and oxygen atoms in total. The summed E-state index contributed by atoms with van der Waals surface area (Å²) in [5.41, 5.74) is 4.06. The fourth-order valence-corrected chi connectivity index (χ4v) is 3.69. The molecule has 1 aliphatic carbocycles. The van der Waals surface area contributed by atoms with Crippen molar-refractivity contribution in [1.82, 2.24) is 14.4 Å². The Morgan fingerprint density at radius 1 is 1.20 bits per heavy atom. The largest absolute Gasteiger partial charge is 0.353 e. The van der Waals surface area contributed by atoms with Gasteiger partial charge in [0.05, 0.1) is 6.54 Å². The van der Waals surface area contributed by atoms with Gasteiger partial charge < -0.3 is 19.7 Å². The molecule has 1 saturated carbocycles. The number of hydrogen-bond acceptors (Lipinski definition) is 2. The van der Waals surface area contributed by atoms with E-state index < -0.39 is 0 Å². The summed E-state index contributed by atoms with van der Waals surface area (Å²) >= 11 is 0. The van der Waals surface area contributed by atoms with Crippen LogP contribution in [0.5, 0.6) is 0 Å². The van der Waals surface area contributed by atoms with Gasteiger partial charge in [-0.1, -0.05) is 31.5 Å². The molecule has 0 atom stereocenters. The maximum Gasteiger partial charge on any atom is 0.322 e. The quantitative estimate of drug-likeness (QED) is 0.704. The van der Waals surface area contributed by atoms with Crippen molar-refractivity contribution in [2.75, 3.05) is 18.4 Å². The van der Waals surface area contributed by atoms with Crippen LogP contribution in [0.2, 0.25) is 0 Å². The van der Waals surface area contributed by atoms with Crippen molar-refractivity contribution in [2.45, 2.75) is 53.1 Å². The molecule has 3 rings (SSSR count). The van der Waals surface area contributed by atoms with Crippen molar-refractivity contribution >= 4 is 17.6 Å². The summed E-state index contributed by atoms with van der Waals surface area (Å²) in [6.07, 6.45) is 3.90. The zero-order valence-corrected chi connectivity index (χ0v) is 18.8. The second-order valence-corrected chi connectivity index (χ2v) is 8.89. The van der Waals surface area contributed by atoms with Crippen LogP contribution in [0.15, 0.2) is 36.5 Å². The van der Waals surface area contributed by atoms with E-state index in [0.717, 1.165) is 35.3 Å². The van der Waals surface area contributed by atoms with Crippen molar-refractivity contribution in [1.29, 1.82) is 0 Å². The number of carbonyl (C=O) groups is 2. The topological polar surface area (TPSA) is 57.6 Å². The number of hydrogen-bond donors (Lipinski definition) is 1. The zero-order chi connectivity index (χ0) is 21.8. The summed E-state index contributed by atoms with van der Waals surface area (Å²) in [5, 5.41) is 3.01. The number of rotatable bonds is 8. The van der Waals surface area contributed by atoms with Crippen molar-refractivity contribution in [3.05, 3.63) is 53.3 Å². The molecule has 162 valence electrons. The van der Waals surface area contributed by atoms with Gasteiger partial charge in [0.1, 0.15) is 6.54 Å². The lowest BCUT2D eigenvalue weighted by molar-refractivity contribution is -0.133. The molecule has 1 aliphatic rings. The van der Waals surface area contributed by atoms with E-state index in [2.05, 4.69) is 19.2 Å². The number of anilines is 1. The third-order valence-electron chi connectivity index (χ3n) is 5.52. The van der Waals surface area contributed by atoms with Crippen molar-refractivity contribution in [2.24, 2.45) is 13.0 Å². The number of aryl methyl sites for hydroxylation is 3. The summed E-state index contributed by atoms with van der Waals surface area (Å²) < 4.78 is 2.03. The number of nitrogens with zero attached hydrogens (tertiary/aromatic N) is 3. The molecular weight excluding hydrogens is 376 g/mol. The highest BCUT2D eigenvalue weighted by atomic mass is 16.2. The van der Waals surface area contributed by atoms with Crippen LogP contribution in [0.4, 0.5) is 10.5 Å². The Hall–Kier alpha value is -2.76. The van der Waals surface area contributed by atoms with E-state index in [0.29, 0.717) is 19.0 Å². The Morgan fingerprint density at radius 3 is 2.50 bits per heavy atom. The predicted octanol–water partition coefficient (Wildman–Crippen LogP) is 4.32. The van der Waals surface area contributed by atoms with Crippen LogP contribution < -0.4 is 5.32 Å². The number of amides is 3. The molecule has 1 N–H and O–H groups in total. The fourth-order valence-electron chi connectivity index (χ4n) is 3.69. The summed E-state index contributed by atoms with van der Waals surface area (Å²) in [7, 11) is 1.99. The molecule has 3 amide bonds. The van der Waals surface area contributed by atoms with E-state index in [1.165, 1.54) is 0 Å². The van der Waals surface area contributed by atoms with Crippen LogP contribution in [0.25, 0.3) is 0 Å². The minimum Gasteiger partial charge on any atom is -0.353 e. The number of carbonyl (C=O) groups excluding carboxylic acids is 2. The van der Waals surface area contributed by atoms with E-state index in [4.69, 9.17) is 0 Å². The van der Waals surface area contributed by atoms with Crippen LogP contribution in [-0.4, -0.2) is 45.4 Å². The zero-order valence-electron chi connectivity index (χ0n) is 18.8. The Labute approximate surface area is 179 Å². The smallest absolute Gasteiger partial charge is 0.322 e. The molecule has 0 radical (unpaired) electrons. The van der Waals surface area contributed by atoms with Gasteiger partial charge in [-0.25, -0.2) is 4.79 Å². The van der Waals surface area contributed by atoms with Crippen LogP contribution in [0.3, 0.4) is 0 Å².